The summed E-state index contributed by atoms with van der Waals surface area (Å²) in [6, 6.07) is 5.35. The van der Waals surface area contributed by atoms with Gasteiger partial charge in [0.05, 0.1) is 30.8 Å². The second kappa shape index (κ2) is 13.7. The number of imidazole rings is 1. The fourth-order valence-corrected chi connectivity index (χ4v) is 3.24. The minimum Gasteiger partial charge on any atom is -0.462 e. The first-order valence-corrected chi connectivity index (χ1v) is 12.0. The van der Waals surface area contributed by atoms with Gasteiger partial charge in [0.25, 0.3) is 0 Å². The van der Waals surface area contributed by atoms with Crippen molar-refractivity contribution in [2.45, 2.75) is 64.1 Å². The lowest BCUT2D eigenvalue weighted by molar-refractivity contribution is -0.196. The molecule has 0 aliphatic carbocycles. The number of phosphoric ester groups is 1. The SMILES string of the molecule is CCCCCCCCc1ccc2nc([C@H](N)COP(=O)(O)O)[nH]c2c1.COC(=O)C(F)(F)F. The first-order chi connectivity index (χ1) is 15.4. The topological polar surface area (TPSA) is 148 Å². The number of fused-ring (bicyclic) bond motifs is 1. The molecule has 13 heteroatoms. The smallest absolute Gasteiger partial charge is 0.462 e. The van der Waals surface area contributed by atoms with Crippen LogP contribution in [0.15, 0.2) is 18.2 Å². The number of nitrogens with one attached hydrogen (secondary N) is 1. The molecular weight excluding hydrogens is 466 g/mol. The second-order valence-electron chi connectivity index (χ2n) is 7.37. The number of nitrogens with two attached hydrogens (primary N) is 1. The highest BCUT2D eigenvalue weighted by atomic mass is 31.2. The van der Waals surface area contributed by atoms with Gasteiger partial charge in [0.2, 0.25) is 0 Å². The zero-order valence-electron chi connectivity index (χ0n) is 18.6. The maximum absolute atomic E-state index is 11.0. The molecule has 1 atom stereocenters. The zero-order valence-corrected chi connectivity index (χ0v) is 19.5. The first kappa shape index (κ1) is 29.1. The van der Waals surface area contributed by atoms with Crippen LogP contribution in [0.5, 0.6) is 0 Å². The number of methoxy groups -OCH3 is 1. The molecule has 0 amide bonds. The molecular formula is C20H31F3N3O6P. The molecule has 2 aromatic rings. The summed E-state index contributed by atoms with van der Waals surface area (Å²) in [5.74, 6) is -1.71. The summed E-state index contributed by atoms with van der Waals surface area (Å²) >= 11 is 0. The third-order valence-corrected chi connectivity index (χ3v) is 5.06. The quantitative estimate of drug-likeness (QED) is 0.204. The van der Waals surface area contributed by atoms with Crippen molar-refractivity contribution in [1.29, 1.82) is 0 Å². The van der Waals surface area contributed by atoms with E-state index in [-0.39, 0.29) is 6.61 Å². The van der Waals surface area contributed by atoms with Crippen LogP contribution in [0.4, 0.5) is 13.2 Å². The number of unbranched alkanes of at least 4 members (excludes halogenated alkanes) is 5. The van der Waals surface area contributed by atoms with Crippen molar-refractivity contribution in [3.8, 4) is 0 Å². The van der Waals surface area contributed by atoms with Gasteiger partial charge >= 0.3 is 20.0 Å². The van der Waals surface area contributed by atoms with Crippen molar-refractivity contribution in [3.63, 3.8) is 0 Å². The molecule has 188 valence electrons. The van der Waals surface area contributed by atoms with Crippen LogP contribution in [0.25, 0.3) is 11.0 Å². The number of aryl methyl sites for hydroxylation is 1. The number of alkyl halides is 3. The van der Waals surface area contributed by atoms with Crippen LogP contribution in [0, 0.1) is 0 Å². The van der Waals surface area contributed by atoms with E-state index in [4.69, 9.17) is 15.5 Å². The molecule has 0 aliphatic rings. The van der Waals surface area contributed by atoms with Crippen LogP contribution in [-0.2, 0) is 25.0 Å². The van der Waals surface area contributed by atoms with Crippen LogP contribution in [0.3, 0.4) is 0 Å². The summed E-state index contributed by atoms with van der Waals surface area (Å²) in [6.45, 7) is 1.92. The lowest BCUT2D eigenvalue weighted by atomic mass is 10.0. The molecule has 0 saturated carbocycles. The summed E-state index contributed by atoms with van der Waals surface area (Å²) in [6.07, 6.45) is 3.78. The summed E-state index contributed by atoms with van der Waals surface area (Å²) in [4.78, 5) is 34.5. The number of nitrogens with zero attached hydrogens (tertiary/aromatic N) is 1. The molecule has 33 heavy (non-hydrogen) atoms. The van der Waals surface area contributed by atoms with E-state index in [9.17, 15) is 22.5 Å². The van der Waals surface area contributed by atoms with Crippen molar-refractivity contribution < 1.29 is 41.6 Å². The van der Waals surface area contributed by atoms with Crippen LogP contribution in [0.2, 0.25) is 0 Å². The lowest BCUT2D eigenvalue weighted by Gasteiger charge is -2.09. The molecule has 0 saturated heterocycles. The van der Waals surface area contributed by atoms with Crippen molar-refractivity contribution in [3.05, 3.63) is 29.6 Å². The Morgan fingerprint density at radius 1 is 1.21 bits per heavy atom. The highest BCUT2D eigenvalue weighted by Crippen LogP contribution is 2.36. The maximum atomic E-state index is 11.0. The van der Waals surface area contributed by atoms with Gasteiger partial charge in [-0.2, -0.15) is 13.2 Å². The Kier molecular flexibility index (Phi) is 12.0. The number of H-pyrrole nitrogens is 1. The number of carbonyl (C=O) groups excluding carboxylic acids is 1. The molecule has 1 aromatic carbocycles. The standard InChI is InChI=1S/C17H28N3O4P.C3H3F3O2/c1-2-3-4-5-6-7-8-13-9-10-15-16(11-13)20-17(19-15)14(18)12-24-25(21,22)23;1-8-2(7)3(4,5)6/h9-11,14H,2-8,12,18H2,1H3,(H,19,20)(H2,21,22,23);1H3/t14-;/m1./s1. The Bertz CT molecular complexity index is 916. The van der Waals surface area contributed by atoms with E-state index < -0.39 is 26.0 Å². The van der Waals surface area contributed by atoms with Crippen molar-refractivity contribution in [2.24, 2.45) is 5.73 Å². The molecule has 0 radical (unpaired) electrons. The number of carbonyl (C=O) groups is 1. The fourth-order valence-electron chi connectivity index (χ4n) is 2.89. The van der Waals surface area contributed by atoms with Crippen LogP contribution in [-0.4, -0.2) is 45.6 Å². The van der Waals surface area contributed by atoms with Gasteiger partial charge in [-0.1, -0.05) is 45.1 Å². The van der Waals surface area contributed by atoms with E-state index in [1.54, 1.807) is 0 Å². The summed E-state index contributed by atoms with van der Waals surface area (Å²) in [5.41, 5.74) is 8.79. The van der Waals surface area contributed by atoms with E-state index in [0.29, 0.717) is 12.9 Å². The highest BCUT2D eigenvalue weighted by molar-refractivity contribution is 7.46. The third kappa shape index (κ3) is 11.6. The first-order valence-electron chi connectivity index (χ1n) is 10.5. The zero-order chi connectivity index (χ0) is 25.1. The van der Waals surface area contributed by atoms with E-state index in [1.165, 1.54) is 44.1 Å². The predicted octanol–water partition coefficient (Wildman–Crippen LogP) is 4.30. The number of phosphoric acid groups is 1. The predicted molar refractivity (Wildman–Crippen MR) is 116 cm³/mol. The molecule has 1 aromatic heterocycles. The van der Waals surface area contributed by atoms with Gasteiger partial charge in [-0.25, -0.2) is 14.3 Å². The number of hydrogen-bond acceptors (Lipinski definition) is 6. The normalized spacial score (nSPS) is 12.8. The second-order valence-corrected chi connectivity index (χ2v) is 8.61. The molecule has 2 rings (SSSR count). The third-order valence-electron chi connectivity index (χ3n) is 4.57. The number of halogens is 3. The van der Waals surface area contributed by atoms with E-state index in [2.05, 4.69) is 38.3 Å². The minimum absolute atomic E-state index is 0.297. The average molecular weight is 497 g/mol. The Hall–Kier alpha value is -1.98. The van der Waals surface area contributed by atoms with Gasteiger partial charge in [-0.3, -0.25) is 4.52 Å². The molecule has 0 bridgehead atoms. The number of benzene rings is 1. The van der Waals surface area contributed by atoms with Crippen LogP contribution < -0.4 is 5.73 Å². The van der Waals surface area contributed by atoms with Crippen molar-refractivity contribution in [1.82, 2.24) is 9.97 Å². The molecule has 0 aliphatic heterocycles. The minimum atomic E-state index is -4.85. The number of hydrogen-bond donors (Lipinski definition) is 4. The van der Waals surface area contributed by atoms with Crippen molar-refractivity contribution in [2.75, 3.05) is 13.7 Å². The monoisotopic (exact) mass is 497 g/mol. The van der Waals surface area contributed by atoms with E-state index >= 15 is 0 Å². The molecule has 0 fully saturated rings. The maximum Gasteiger partial charge on any atom is 0.490 e. The molecule has 5 N–H and O–H groups in total. The van der Waals surface area contributed by atoms with Crippen molar-refractivity contribution >= 4 is 24.8 Å². The highest BCUT2D eigenvalue weighted by Gasteiger charge is 2.40. The summed E-state index contributed by atoms with van der Waals surface area (Å²) in [7, 11) is -3.85. The van der Waals surface area contributed by atoms with Crippen LogP contribution in [0.1, 0.15) is 62.9 Å². The molecule has 0 unspecified atom stereocenters. The van der Waals surface area contributed by atoms with Gasteiger partial charge in [-0.05, 0) is 30.5 Å². The number of aromatic nitrogens is 2. The Morgan fingerprint density at radius 2 is 1.85 bits per heavy atom. The van der Waals surface area contributed by atoms with E-state index in [0.717, 1.165) is 17.5 Å². The fraction of sp³-hybridized carbons (Fsp3) is 0.600. The van der Waals surface area contributed by atoms with Gasteiger partial charge < -0.3 is 25.2 Å². The summed E-state index contributed by atoms with van der Waals surface area (Å²) < 4.78 is 51.5. The Balaban J connectivity index is 0.000000582. The number of esters is 1. The number of rotatable bonds is 11. The Labute approximate surface area is 190 Å². The molecule has 9 nitrogen and oxygen atoms in total. The average Bonchev–Trinajstić information content (AvgIpc) is 3.16. The van der Waals surface area contributed by atoms with Gasteiger partial charge in [-0.15, -0.1) is 0 Å². The lowest BCUT2D eigenvalue weighted by Crippen LogP contribution is -2.23. The van der Waals surface area contributed by atoms with Gasteiger partial charge in [0, 0.05) is 0 Å². The van der Waals surface area contributed by atoms with E-state index in [1.807, 2.05) is 6.07 Å². The molecule has 1 heterocycles. The number of aromatic amines is 1. The van der Waals surface area contributed by atoms with Gasteiger partial charge in [0.1, 0.15) is 5.82 Å². The van der Waals surface area contributed by atoms with Gasteiger partial charge in [0.15, 0.2) is 0 Å². The Morgan fingerprint density at radius 3 is 2.39 bits per heavy atom. The summed E-state index contributed by atoms with van der Waals surface area (Å²) in [5, 5.41) is 0. The van der Waals surface area contributed by atoms with Crippen LogP contribution >= 0.6 is 7.82 Å². The molecule has 0 spiro atoms. The largest absolute Gasteiger partial charge is 0.490 e. The number of ether oxygens (including phenoxy) is 1.